The zero-order chi connectivity index (χ0) is 22.9. The number of carbonyl (C=O) groups is 2. The molecule has 0 aliphatic carbocycles. The maximum absolute atomic E-state index is 13.2. The second-order valence-corrected chi connectivity index (χ2v) is 9.24. The van der Waals surface area contributed by atoms with Crippen molar-refractivity contribution in [1.82, 2.24) is 4.57 Å². The van der Waals surface area contributed by atoms with E-state index >= 15 is 0 Å². The van der Waals surface area contributed by atoms with Crippen LogP contribution in [0.1, 0.15) is 33.3 Å². The van der Waals surface area contributed by atoms with Crippen molar-refractivity contribution in [3.8, 4) is 0 Å². The van der Waals surface area contributed by atoms with Gasteiger partial charge in [-0.25, -0.2) is 13.2 Å². The van der Waals surface area contributed by atoms with Crippen molar-refractivity contribution in [1.29, 1.82) is 0 Å². The summed E-state index contributed by atoms with van der Waals surface area (Å²) in [6, 6.07) is 15.1. The van der Waals surface area contributed by atoms with Crippen LogP contribution in [0.2, 0.25) is 0 Å². The molecule has 1 aliphatic heterocycles. The number of anilines is 2. The van der Waals surface area contributed by atoms with Gasteiger partial charge < -0.3 is 14.6 Å². The molecule has 32 heavy (non-hydrogen) atoms. The number of aromatic nitrogens is 1. The molecule has 0 radical (unpaired) electrons. The van der Waals surface area contributed by atoms with E-state index in [1.165, 1.54) is 21.1 Å². The molecule has 0 unspecified atom stereocenters. The van der Waals surface area contributed by atoms with Crippen LogP contribution < -0.4 is 9.62 Å². The average molecular weight is 454 g/mol. The van der Waals surface area contributed by atoms with E-state index in [-0.39, 0.29) is 17.2 Å². The number of hydrogen-bond donors (Lipinski definition) is 1. The molecule has 0 fully saturated rings. The Morgan fingerprint density at radius 1 is 1.09 bits per heavy atom. The van der Waals surface area contributed by atoms with Gasteiger partial charge in [0, 0.05) is 25.5 Å². The van der Waals surface area contributed by atoms with Gasteiger partial charge in [-0.15, -0.1) is 0 Å². The molecule has 4 rings (SSSR count). The summed E-state index contributed by atoms with van der Waals surface area (Å²) in [6.07, 6.45) is 2.09. The summed E-state index contributed by atoms with van der Waals surface area (Å²) in [5, 5.41) is 2.73. The molecule has 2 heterocycles. The third-order valence-electron chi connectivity index (χ3n) is 5.30. The van der Waals surface area contributed by atoms with E-state index in [4.69, 9.17) is 4.74 Å². The molecular formula is C23H23N3O5S. The van der Waals surface area contributed by atoms with Crippen LogP contribution in [-0.4, -0.2) is 38.0 Å². The number of aryl methyl sites for hydroxylation is 1. The van der Waals surface area contributed by atoms with Crippen LogP contribution in [0.5, 0.6) is 0 Å². The molecule has 1 N–H and O–H groups in total. The number of esters is 1. The van der Waals surface area contributed by atoms with Gasteiger partial charge in [-0.3, -0.25) is 9.10 Å². The maximum atomic E-state index is 13.2. The molecule has 2 aromatic carbocycles. The Kier molecular flexibility index (Phi) is 5.75. The summed E-state index contributed by atoms with van der Waals surface area (Å²) in [7, 11) is -2.18. The van der Waals surface area contributed by atoms with E-state index in [2.05, 4.69) is 5.32 Å². The number of para-hydroxylation sites is 1. The first-order chi connectivity index (χ1) is 15.3. The predicted octanol–water partition coefficient (Wildman–Crippen LogP) is 3.21. The van der Waals surface area contributed by atoms with Gasteiger partial charge in [0.25, 0.3) is 15.9 Å². The summed E-state index contributed by atoms with van der Waals surface area (Å²) in [4.78, 5) is 24.6. The first-order valence-electron chi connectivity index (χ1n) is 10.2. The van der Waals surface area contributed by atoms with Crippen LogP contribution >= 0.6 is 0 Å². The number of benzene rings is 2. The lowest BCUT2D eigenvalue weighted by molar-refractivity contribution is 0.0526. The minimum absolute atomic E-state index is 0.0551. The quantitative estimate of drug-likeness (QED) is 0.578. The standard InChI is InChI=1S/C23H23N3O5S/c1-3-31-23(28)17-8-10-18(11-9-17)24-22(27)21-14-19(15-25(21)2)32(29,30)26-13-12-16-6-4-5-7-20(16)26/h4-11,14-15H,3,12-13H2,1-2H3,(H,24,27). The number of carbonyl (C=O) groups excluding carboxylic acids is 2. The number of fused-ring (bicyclic) bond motifs is 1. The Hall–Kier alpha value is -3.59. The maximum Gasteiger partial charge on any atom is 0.338 e. The third-order valence-corrected chi connectivity index (χ3v) is 7.08. The van der Waals surface area contributed by atoms with E-state index < -0.39 is 21.9 Å². The molecule has 166 valence electrons. The van der Waals surface area contributed by atoms with Crippen LogP contribution in [0.25, 0.3) is 0 Å². The van der Waals surface area contributed by atoms with Crippen molar-refractivity contribution in [2.24, 2.45) is 7.05 Å². The van der Waals surface area contributed by atoms with Crippen molar-refractivity contribution in [3.63, 3.8) is 0 Å². The number of sulfonamides is 1. The molecule has 0 bridgehead atoms. The molecule has 0 atom stereocenters. The largest absolute Gasteiger partial charge is 0.462 e. The molecule has 1 aliphatic rings. The van der Waals surface area contributed by atoms with Gasteiger partial charge in [0.2, 0.25) is 0 Å². The Labute approximate surface area is 186 Å². The number of ether oxygens (including phenoxy) is 1. The minimum atomic E-state index is -3.80. The molecule has 0 saturated heterocycles. The van der Waals surface area contributed by atoms with Gasteiger partial charge in [-0.05, 0) is 55.3 Å². The molecular weight excluding hydrogens is 430 g/mol. The highest BCUT2D eigenvalue weighted by Gasteiger charge is 2.32. The molecule has 0 saturated carbocycles. The topological polar surface area (TPSA) is 97.7 Å². The predicted molar refractivity (Wildman–Crippen MR) is 120 cm³/mol. The average Bonchev–Trinajstić information content (AvgIpc) is 3.39. The highest BCUT2D eigenvalue weighted by Crippen LogP contribution is 2.33. The van der Waals surface area contributed by atoms with E-state index in [0.717, 1.165) is 5.56 Å². The van der Waals surface area contributed by atoms with Gasteiger partial charge in [0.05, 0.1) is 17.9 Å². The van der Waals surface area contributed by atoms with Gasteiger partial charge in [0.1, 0.15) is 10.6 Å². The second kappa shape index (κ2) is 8.51. The molecule has 1 amide bonds. The fourth-order valence-corrected chi connectivity index (χ4v) is 5.26. The Balaban J connectivity index is 1.53. The first-order valence-corrected chi connectivity index (χ1v) is 11.6. The normalized spacial score (nSPS) is 13.0. The number of hydrogen-bond acceptors (Lipinski definition) is 5. The lowest BCUT2D eigenvalue weighted by Crippen LogP contribution is -2.28. The highest BCUT2D eigenvalue weighted by molar-refractivity contribution is 7.92. The Morgan fingerprint density at radius 2 is 1.81 bits per heavy atom. The van der Waals surface area contributed by atoms with E-state index in [1.807, 2.05) is 18.2 Å². The number of nitrogens with one attached hydrogen (secondary N) is 1. The highest BCUT2D eigenvalue weighted by atomic mass is 32.2. The van der Waals surface area contributed by atoms with Gasteiger partial charge >= 0.3 is 5.97 Å². The number of rotatable bonds is 6. The smallest absolute Gasteiger partial charge is 0.338 e. The fraction of sp³-hybridized carbons (Fsp3) is 0.217. The third kappa shape index (κ3) is 3.99. The molecule has 1 aromatic heterocycles. The van der Waals surface area contributed by atoms with Crippen LogP contribution in [0.3, 0.4) is 0 Å². The lowest BCUT2D eigenvalue weighted by atomic mass is 10.2. The summed E-state index contributed by atoms with van der Waals surface area (Å²) < 4.78 is 34.3. The summed E-state index contributed by atoms with van der Waals surface area (Å²) >= 11 is 0. The molecule has 3 aromatic rings. The molecule has 9 heteroatoms. The number of nitrogens with zero attached hydrogens (tertiary/aromatic N) is 2. The first kappa shape index (κ1) is 21.6. The lowest BCUT2D eigenvalue weighted by Gasteiger charge is -2.18. The van der Waals surface area contributed by atoms with Crippen LogP contribution in [0.15, 0.2) is 65.7 Å². The van der Waals surface area contributed by atoms with Gasteiger partial charge in [0.15, 0.2) is 0 Å². The van der Waals surface area contributed by atoms with Crippen molar-refractivity contribution in [2.75, 3.05) is 22.8 Å². The Morgan fingerprint density at radius 3 is 2.53 bits per heavy atom. The minimum Gasteiger partial charge on any atom is -0.462 e. The van der Waals surface area contributed by atoms with E-state index in [0.29, 0.717) is 29.9 Å². The van der Waals surface area contributed by atoms with Crippen molar-refractivity contribution >= 4 is 33.3 Å². The summed E-state index contributed by atoms with van der Waals surface area (Å²) in [5.41, 5.74) is 2.70. The van der Waals surface area contributed by atoms with Gasteiger partial charge in [-0.2, -0.15) is 0 Å². The molecule has 8 nitrogen and oxygen atoms in total. The van der Waals surface area contributed by atoms with Crippen LogP contribution in [0, 0.1) is 0 Å². The van der Waals surface area contributed by atoms with Crippen molar-refractivity contribution in [2.45, 2.75) is 18.2 Å². The second-order valence-electron chi connectivity index (χ2n) is 7.38. The summed E-state index contributed by atoms with van der Waals surface area (Å²) in [5.74, 6) is -0.897. The monoisotopic (exact) mass is 453 g/mol. The van der Waals surface area contributed by atoms with E-state index in [9.17, 15) is 18.0 Å². The Bertz CT molecular complexity index is 1280. The fourth-order valence-electron chi connectivity index (χ4n) is 3.69. The van der Waals surface area contributed by atoms with Crippen LogP contribution in [0.4, 0.5) is 11.4 Å². The van der Waals surface area contributed by atoms with Crippen molar-refractivity contribution in [3.05, 3.63) is 77.6 Å². The van der Waals surface area contributed by atoms with Crippen LogP contribution in [-0.2, 0) is 28.2 Å². The summed E-state index contributed by atoms with van der Waals surface area (Å²) in [6.45, 7) is 2.37. The zero-order valence-electron chi connectivity index (χ0n) is 17.7. The molecule has 0 spiro atoms. The van der Waals surface area contributed by atoms with Gasteiger partial charge in [-0.1, -0.05) is 18.2 Å². The SMILES string of the molecule is CCOC(=O)c1ccc(NC(=O)c2cc(S(=O)(=O)N3CCc4ccccc43)cn2C)cc1. The zero-order valence-corrected chi connectivity index (χ0v) is 18.6. The number of amides is 1. The van der Waals surface area contributed by atoms with E-state index in [1.54, 1.807) is 44.3 Å². The van der Waals surface area contributed by atoms with Crippen molar-refractivity contribution < 1.29 is 22.7 Å².